The predicted molar refractivity (Wildman–Crippen MR) is 77.9 cm³/mol. The zero-order valence-corrected chi connectivity index (χ0v) is 13.1. The van der Waals surface area contributed by atoms with Crippen LogP contribution in [0.4, 0.5) is 0 Å². The summed E-state index contributed by atoms with van der Waals surface area (Å²) >= 11 is 0. The normalized spacial score (nSPS) is 18.9. The minimum atomic E-state index is -0.111. The van der Waals surface area contributed by atoms with Gasteiger partial charge in [-0.1, -0.05) is 25.9 Å². The minimum absolute atomic E-state index is 0.0565. The number of hydrogen-bond acceptors (Lipinski definition) is 5. The molecule has 0 spiro atoms. The second-order valence-corrected chi connectivity index (χ2v) is 6.55. The highest BCUT2D eigenvalue weighted by Crippen LogP contribution is 2.18. The summed E-state index contributed by atoms with van der Waals surface area (Å²) in [5.74, 6) is 1.37. The van der Waals surface area contributed by atoms with Crippen LogP contribution in [0.5, 0.6) is 0 Å². The molecule has 1 aromatic heterocycles. The zero-order chi connectivity index (χ0) is 15.3. The van der Waals surface area contributed by atoms with E-state index in [-0.39, 0.29) is 17.4 Å². The van der Waals surface area contributed by atoms with Gasteiger partial charge in [0.1, 0.15) is 0 Å². The van der Waals surface area contributed by atoms with Crippen LogP contribution in [0.2, 0.25) is 0 Å². The molecule has 1 aromatic rings. The lowest BCUT2D eigenvalue weighted by molar-refractivity contribution is -0.121. The average Bonchev–Trinajstić information content (AvgIpc) is 3.07. The van der Waals surface area contributed by atoms with Crippen LogP contribution >= 0.6 is 0 Å². The summed E-state index contributed by atoms with van der Waals surface area (Å²) in [6, 6.07) is 0. The Kier molecular flexibility index (Phi) is 5.33. The summed E-state index contributed by atoms with van der Waals surface area (Å²) in [6.07, 6.45) is 4.14. The second-order valence-electron chi connectivity index (χ2n) is 6.55. The zero-order valence-electron chi connectivity index (χ0n) is 13.1. The summed E-state index contributed by atoms with van der Waals surface area (Å²) in [4.78, 5) is 16.1. The number of rotatable bonds is 6. The summed E-state index contributed by atoms with van der Waals surface area (Å²) < 4.78 is 10.7. The molecule has 1 atom stereocenters. The third kappa shape index (κ3) is 5.12. The summed E-state index contributed by atoms with van der Waals surface area (Å²) in [5.41, 5.74) is -0.111. The van der Waals surface area contributed by atoms with Crippen LogP contribution in [0.3, 0.4) is 0 Å². The van der Waals surface area contributed by atoms with Gasteiger partial charge in [0.2, 0.25) is 11.8 Å². The maximum atomic E-state index is 11.7. The molecule has 2 rings (SSSR count). The van der Waals surface area contributed by atoms with E-state index in [1.54, 1.807) is 0 Å². The van der Waals surface area contributed by atoms with Gasteiger partial charge in [0.15, 0.2) is 5.82 Å². The van der Waals surface area contributed by atoms with E-state index in [0.29, 0.717) is 37.5 Å². The molecule has 0 unspecified atom stereocenters. The first-order valence-corrected chi connectivity index (χ1v) is 7.66. The van der Waals surface area contributed by atoms with Crippen LogP contribution in [-0.2, 0) is 21.4 Å². The Labute approximate surface area is 125 Å². The van der Waals surface area contributed by atoms with Crippen molar-refractivity contribution in [1.82, 2.24) is 15.5 Å². The highest BCUT2D eigenvalue weighted by atomic mass is 16.5. The van der Waals surface area contributed by atoms with Gasteiger partial charge in [-0.25, -0.2) is 0 Å². The van der Waals surface area contributed by atoms with Crippen LogP contribution in [0.15, 0.2) is 4.52 Å². The number of ether oxygens (including phenoxy) is 1. The van der Waals surface area contributed by atoms with E-state index in [1.165, 1.54) is 0 Å². The van der Waals surface area contributed by atoms with Gasteiger partial charge in [-0.05, 0) is 19.3 Å². The summed E-state index contributed by atoms with van der Waals surface area (Å²) in [6.45, 7) is 7.56. The van der Waals surface area contributed by atoms with E-state index >= 15 is 0 Å². The van der Waals surface area contributed by atoms with Crippen molar-refractivity contribution in [3.63, 3.8) is 0 Å². The quantitative estimate of drug-likeness (QED) is 0.868. The Morgan fingerprint density at radius 1 is 1.43 bits per heavy atom. The van der Waals surface area contributed by atoms with Gasteiger partial charge in [-0.3, -0.25) is 4.79 Å². The molecule has 1 amide bonds. The fourth-order valence-electron chi connectivity index (χ4n) is 2.18. The maximum absolute atomic E-state index is 11.7. The van der Waals surface area contributed by atoms with Gasteiger partial charge in [-0.2, -0.15) is 4.98 Å². The number of nitrogens with zero attached hydrogens (tertiary/aromatic N) is 2. The number of carbonyl (C=O) groups is 1. The van der Waals surface area contributed by atoms with Crippen LogP contribution < -0.4 is 5.32 Å². The molecule has 6 nitrogen and oxygen atoms in total. The predicted octanol–water partition coefficient (Wildman–Crippen LogP) is 1.98. The average molecular weight is 295 g/mol. The molecule has 1 aliphatic rings. The van der Waals surface area contributed by atoms with Crippen LogP contribution in [-0.4, -0.2) is 35.3 Å². The molecule has 1 N–H and O–H groups in total. The fraction of sp³-hybridized carbons (Fsp3) is 0.800. The molecule has 0 radical (unpaired) electrons. The van der Waals surface area contributed by atoms with Crippen LogP contribution in [0.25, 0.3) is 0 Å². The van der Waals surface area contributed by atoms with E-state index in [9.17, 15) is 4.79 Å². The fourth-order valence-corrected chi connectivity index (χ4v) is 2.18. The van der Waals surface area contributed by atoms with Crippen molar-refractivity contribution in [2.45, 2.75) is 64.4 Å². The number of aromatic nitrogens is 2. The number of aryl methyl sites for hydroxylation is 1. The Balaban J connectivity index is 1.64. The molecule has 0 bridgehead atoms. The molecule has 2 heterocycles. The molecule has 0 aliphatic carbocycles. The molecule has 21 heavy (non-hydrogen) atoms. The van der Waals surface area contributed by atoms with Crippen molar-refractivity contribution in [2.75, 3.05) is 13.2 Å². The minimum Gasteiger partial charge on any atom is -0.376 e. The van der Waals surface area contributed by atoms with Gasteiger partial charge in [0.25, 0.3) is 0 Å². The van der Waals surface area contributed by atoms with E-state index < -0.39 is 0 Å². The Hall–Kier alpha value is -1.43. The van der Waals surface area contributed by atoms with Crippen molar-refractivity contribution in [1.29, 1.82) is 0 Å². The van der Waals surface area contributed by atoms with E-state index in [1.807, 2.05) is 20.8 Å². The molecule has 6 heteroatoms. The van der Waals surface area contributed by atoms with E-state index in [0.717, 1.165) is 19.4 Å². The lowest BCUT2D eigenvalue weighted by Gasteiger charge is -2.11. The van der Waals surface area contributed by atoms with Gasteiger partial charge in [0, 0.05) is 31.4 Å². The highest BCUT2D eigenvalue weighted by Gasteiger charge is 2.21. The van der Waals surface area contributed by atoms with Crippen molar-refractivity contribution in [3.05, 3.63) is 11.7 Å². The standard InChI is InChI=1S/C15H25N3O3/c1-15(2,3)14-17-13(21-18-14)8-4-7-12(19)16-10-11-6-5-9-20-11/h11H,4-10H2,1-3H3,(H,16,19)/t11-/m0/s1. The SMILES string of the molecule is CC(C)(C)c1noc(CCCC(=O)NC[C@@H]2CCCO2)n1. The van der Waals surface area contributed by atoms with Crippen molar-refractivity contribution in [2.24, 2.45) is 0 Å². The Morgan fingerprint density at radius 2 is 2.24 bits per heavy atom. The van der Waals surface area contributed by atoms with Gasteiger partial charge in [-0.15, -0.1) is 0 Å². The monoisotopic (exact) mass is 295 g/mol. The molecule has 1 fully saturated rings. The number of hydrogen-bond donors (Lipinski definition) is 1. The van der Waals surface area contributed by atoms with Crippen molar-refractivity contribution in [3.8, 4) is 0 Å². The number of nitrogens with one attached hydrogen (secondary N) is 1. The highest BCUT2D eigenvalue weighted by molar-refractivity contribution is 5.75. The van der Waals surface area contributed by atoms with Gasteiger partial charge < -0.3 is 14.6 Å². The summed E-state index contributed by atoms with van der Waals surface area (Å²) in [5, 5.41) is 6.88. The molecule has 0 aromatic carbocycles. The maximum Gasteiger partial charge on any atom is 0.226 e. The van der Waals surface area contributed by atoms with Crippen LogP contribution in [0.1, 0.15) is 58.2 Å². The smallest absolute Gasteiger partial charge is 0.226 e. The van der Waals surface area contributed by atoms with Crippen molar-refractivity contribution >= 4 is 5.91 Å². The molecule has 1 aliphatic heterocycles. The second kappa shape index (κ2) is 7.02. The molecular weight excluding hydrogens is 270 g/mol. The molecule has 0 saturated carbocycles. The van der Waals surface area contributed by atoms with Gasteiger partial charge >= 0.3 is 0 Å². The number of amides is 1. The largest absolute Gasteiger partial charge is 0.376 e. The number of carbonyl (C=O) groups excluding carboxylic acids is 1. The molecular formula is C15H25N3O3. The first kappa shape index (κ1) is 15.9. The summed E-state index contributed by atoms with van der Waals surface area (Å²) in [7, 11) is 0. The van der Waals surface area contributed by atoms with Crippen LogP contribution in [0, 0.1) is 0 Å². The first-order valence-electron chi connectivity index (χ1n) is 7.66. The van der Waals surface area contributed by atoms with E-state index in [2.05, 4.69) is 15.5 Å². The third-order valence-electron chi connectivity index (χ3n) is 3.48. The topological polar surface area (TPSA) is 77.2 Å². The molecule has 1 saturated heterocycles. The third-order valence-corrected chi connectivity index (χ3v) is 3.48. The lowest BCUT2D eigenvalue weighted by atomic mass is 9.96. The lowest BCUT2D eigenvalue weighted by Crippen LogP contribution is -2.31. The molecule has 118 valence electrons. The Bertz CT molecular complexity index is 459. The van der Waals surface area contributed by atoms with Crippen molar-refractivity contribution < 1.29 is 14.1 Å². The van der Waals surface area contributed by atoms with Gasteiger partial charge in [0.05, 0.1) is 6.10 Å². The van der Waals surface area contributed by atoms with E-state index in [4.69, 9.17) is 9.26 Å². The Morgan fingerprint density at radius 3 is 2.86 bits per heavy atom. The first-order chi connectivity index (χ1) is 9.95.